The lowest BCUT2D eigenvalue weighted by Gasteiger charge is -2.35. The van der Waals surface area contributed by atoms with Crippen molar-refractivity contribution >= 4 is 17.5 Å². The number of para-hydroxylation sites is 1. The van der Waals surface area contributed by atoms with E-state index in [0.717, 1.165) is 42.5 Å². The molecule has 2 amide bonds. The Balaban J connectivity index is 1.61. The first-order valence-electron chi connectivity index (χ1n) is 10.3. The van der Waals surface area contributed by atoms with Gasteiger partial charge in [0.2, 0.25) is 11.8 Å². The molecule has 1 aromatic heterocycles. The molecule has 5 rings (SSSR count). The van der Waals surface area contributed by atoms with Gasteiger partial charge in [-0.3, -0.25) is 14.3 Å². The summed E-state index contributed by atoms with van der Waals surface area (Å²) in [6.45, 7) is 0.608. The third-order valence-electron chi connectivity index (χ3n) is 6.86. The lowest BCUT2D eigenvalue weighted by atomic mass is 9.73. The molecule has 2 aromatic rings. The van der Waals surface area contributed by atoms with Crippen molar-refractivity contribution in [3.63, 3.8) is 0 Å². The number of aromatic nitrogens is 2. The van der Waals surface area contributed by atoms with Crippen molar-refractivity contribution in [3.05, 3.63) is 47.8 Å². The number of fused-ring (bicyclic) bond motifs is 2. The summed E-state index contributed by atoms with van der Waals surface area (Å²) in [6, 6.07) is 7.60. The fourth-order valence-electron chi connectivity index (χ4n) is 5.55. The summed E-state index contributed by atoms with van der Waals surface area (Å²) in [6.07, 6.45) is 9.80. The second-order valence-corrected chi connectivity index (χ2v) is 8.44. The molecule has 6 heteroatoms. The van der Waals surface area contributed by atoms with E-state index in [9.17, 15) is 9.59 Å². The summed E-state index contributed by atoms with van der Waals surface area (Å²) >= 11 is 0. The van der Waals surface area contributed by atoms with Crippen LogP contribution in [0.2, 0.25) is 0 Å². The molecule has 2 atom stereocenters. The molecule has 6 nitrogen and oxygen atoms in total. The maximum Gasteiger partial charge on any atom is 0.237 e. The number of nitrogens with zero attached hydrogens (tertiary/aromatic N) is 3. The van der Waals surface area contributed by atoms with Gasteiger partial charge >= 0.3 is 0 Å². The first kappa shape index (κ1) is 17.5. The quantitative estimate of drug-likeness (QED) is 0.873. The van der Waals surface area contributed by atoms with Gasteiger partial charge < -0.3 is 10.2 Å². The number of rotatable bonds is 2. The molecule has 1 aliphatic carbocycles. The van der Waals surface area contributed by atoms with E-state index in [1.54, 1.807) is 4.68 Å². The standard InChI is InChI=1S/C22H26N4O2/c1-25-14-16(13-23-25)19-22(17-9-5-6-10-18(17)24-21(22)28)11-12-26(19)20(27)15-7-3-2-4-8-15/h5-6,9-10,13-15,19H,2-4,7-8,11-12H2,1H3,(H,24,28). The van der Waals surface area contributed by atoms with Crippen molar-refractivity contribution in [2.24, 2.45) is 13.0 Å². The monoisotopic (exact) mass is 378 g/mol. The molecule has 146 valence electrons. The van der Waals surface area contributed by atoms with Gasteiger partial charge in [-0.1, -0.05) is 37.5 Å². The first-order chi connectivity index (χ1) is 13.6. The van der Waals surface area contributed by atoms with Crippen LogP contribution in [-0.2, 0) is 22.1 Å². The Hall–Kier alpha value is -2.63. The molecular weight excluding hydrogens is 352 g/mol. The van der Waals surface area contributed by atoms with Gasteiger partial charge in [-0.05, 0) is 30.9 Å². The maximum atomic E-state index is 13.5. The predicted molar refractivity (Wildman–Crippen MR) is 106 cm³/mol. The van der Waals surface area contributed by atoms with Gasteiger partial charge in [0.25, 0.3) is 0 Å². The number of carbonyl (C=O) groups is 2. The zero-order chi connectivity index (χ0) is 19.3. The second-order valence-electron chi connectivity index (χ2n) is 8.44. The van der Waals surface area contributed by atoms with Crippen molar-refractivity contribution < 1.29 is 9.59 Å². The Labute approximate surface area is 164 Å². The average Bonchev–Trinajstić information content (AvgIpc) is 3.39. The van der Waals surface area contributed by atoms with Gasteiger partial charge in [0, 0.05) is 37.0 Å². The van der Waals surface area contributed by atoms with E-state index >= 15 is 0 Å². The minimum absolute atomic E-state index is 0.00139. The zero-order valence-electron chi connectivity index (χ0n) is 16.2. The third-order valence-corrected chi connectivity index (χ3v) is 6.86. The summed E-state index contributed by atoms with van der Waals surface area (Å²) in [5.41, 5.74) is 2.08. The number of carbonyl (C=O) groups excluding carboxylic acids is 2. The summed E-state index contributed by atoms with van der Waals surface area (Å²) in [5, 5.41) is 7.42. The predicted octanol–water partition coefficient (Wildman–Crippen LogP) is 3.16. The smallest absolute Gasteiger partial charge is 0.237 e. The largest absolute Gasteiger partial charge is 0.334 e. The normalized spacial score (nSPS) is 27.2. The Morgan fingerprint density at radius 2 is 2.00 bits per heavy atom. The van der Waals surface area contributed by atoms with Gasteiger partial charge in [-0.25, -0.2) is 0 Å². The van der Waals surface area contributed by atoms with Crippen molar-refractivity contribution in [2.75, 3.05) is 11.9 Å². The van der Waals surface area contributed by atoms with Crippen LogP contribution in [0.5, 0.6) is 0 Å². The molecule has 1 saturated carbocycles. The van der Waals surface area contributed by atoms with Gasteiger partial charge in [0.05, 0.1) is 12.2 Å². The molecule has 1 aromatic carbocycles. The van der Waals surface area contributed by atoms with Crippen LogP contribution in [0.25, 0.3) is 0 Å². The van der Waals surface area contributed by atoms with Crippen LogP contribution in [-0.4, -0.2) is 33.0 Å². The number of likely N-dealkylation sites (tertiary alicyclic amines) is 1. The van der Waals surface area contributed by atoms with Gasteiger partial charge in [-0.2, -0.15) is 5.10 Å². The highest BCUT2D eigenvalue weighted by molar-refractivity contribution is 6.07. The minimum Gasteiger partial charge on any atom is -0.334 e. The number of nitrogens with one attached hydrogen (secondary N) is 1. The topological polar surface area (TPSA) is 67.2 Å². The van der Waals surface area contributed by atoms with E-state index in [0.29, 0.717) is 13.0 Å². The Bertz CT molecular complexity index is 930. The molecular formula is C22H26N4O2. The van der Waals surface area contributed by atoms with Crippen molar-refractivity contribution in [1.29, 1.82) is 0 Å². The maximum absolute atomic E-state index is 13.5. The number of hydrogen-bond acceptors (Lipinski definition) is 3. The highest BCUT2D eigenvalue weighted by Gasteiger charge is 2.59. The van der Waals surface area contributed by atoms with Crippen molar-refractivity contribution in [3.8, 4) is 0 Å². The summed E-state index contributed by atoms with van der Waals surface area (Å²) in [4.78, 5) is 28.8. The number of aryl methyl sites for hydroxylation is 1. The van der Waals surface area contributed by atoms with Crippen LogP contribution in [0.4, 0.5) is 5.69 Å². The third kappa shape index (κ3) is 2.43. The van der Waals surface area contributed by atoms with E-state index in [4.69, 9.17) is 0 Å². The van der Waals surface area contributed by atoms with E-state index in [-0.39, 0.29) is 23.8 Å². The van der Waals surface area contributed by atoms with Crippen LogP contribution in [0.3, 0.4) is 0 Å². The highest BCUT2D eigenvalue weighted by atomic mass is 16.2. The van der Waals surface area contributed by atoms with Gasteiger partial charge in [0.15, 0.2) is 0 Å². The first-order valence-corrected chi connectivity index (χ1v) is 10.3. The Kier molecular flexibility index (Phi) is 4.03. The molecule has 1 spiro atoms. The number of hydrogen-bond donors (Lipinski definition) is 1. The van der Waals surface area contributed by atoms with Crippen LogP contribution in [0.15, 0.2) is 36.7 Å². The Morgan fingerprint density at radius 3 is 2.75 bits per heavy atom. The van der Waals surface area contributed by atoms with Gasteiger partial charge in [-0.15, -0.1) is 0 Å². The molecule has 3 heterocycles. The zero-order valence-corrected chi connectivity index (χ0v) is 16.2. The summed E-state index contributed by atoms with van der Waals surface area (Å²) in [7, 11) is 1.88. The molecule has 2 fully saturated rings. The molecule has 2 unspecified atom stereocenters. The molecule has 0 bridgehead atoms. The van der Waals surface area contributed by atoms with Crippen molar-refractivity contribution in [2.45, 2.75) is 50.0 Å². The molecule has 0 radical (unpaired) electrons. The van der Waals surface area contributed by atoms with Gasteiger partial charge in [0.1, 0.15) is 5.41 Å². The van der Waals surface area contributed by atoms with Crippen molar-refractivity contribution in [1.82, 2.24) is 14.7 Å². The summed E-state index contributed by atoms with van der Waals surface area (Å²) < 4.78 is 1.75. The van der Waals surface area contributed by atoms with E-state index in [1.165, 1.54) is 6.42 Å². The molecule has 2 aliphatic heterocycles. The van der Waals surface area contributed by atoms with E-state index in [2.05, 4.69) is 10.4 Å². The average molecular weight is 378 g/mol. The molecule has 1 saturated heterocycles. The summed E-state index contributed by atoms with van der Waals surface area (Å²) in [5.74, 6) is 0.298. The van der Waals surface area contributed by atoms with Crippen LogP contribution in [0.1, 0.15) is 55.7 Å². The lowest BCUT2D eigenvalue weighted by molar-refractivity contribution is -0.138. The number of amides is 2. The fraction of sp³-hybridized carbons (Fsp3) is 0.500. The van der Waals surface area contributed by atoms with Crippen LogP contribution < -0.4 is 5.32 Å². The second kappa shape index (κ2) is 6.47. The SMILES string of the molecule is Cn1cc(C2N(C(=O)C3CCCCC3)CCC23C(=O)Nc2ccccc23)cn1. The highest BCUT2D eigenvalue weighted by Crippen LogP contribution is 2.55. The minimum atomic E-state index is -0.732. The molecule has 1 N–H and O–H groups in total. The Morgan fingerprint density at radius 1 is 1.21 bits per heavy atom. The van der Waals surface area contributed by atoms with Crippen LogP contribution >= 0.6 is 0 Å². The molecule has 28 heavy (non-hydrogen) atoms. The molecule has 3 aliphatic rings. The van der Waals surface area contributed by atoms with E-state index in [1.807, 2.05) is 48.6 Å². The van der Waals surface area contributed by atoms with E-state index < -0.39 is 5.41 Å². The fourth-order valence-corrected chi connectivity index (χ4v) is 5.55. The van der Waals surface area contributed by atoms with Crippen LogP contribution in [0, 0.1) is 5.92 Å². The number of anilines is 1. The number of benzene rings is 1. The lowest BCUT2D eigenvalue weighted by Crippen LogP contribution is -2.44.